The largest absolute Gasteiger partial charge is 0.358 e. The van der Waals surface area contributed by atoms with Gasteiger partial charge < -0.3 is 10.2 Å². The number of carbonyl (C=O) groups excluding carboxylic acids is 2. The van der Waals surface area contributed by atoms with E-state index in [9.17, 15) is 18.0 Å². The summed E-state index contributed by atoms with van der Waals surface area (Å²) in [4.78, 5) is 25.4. The maximum absolute atomic E-state index is 12.4. The van der Waals surface area contributed by atoms with Crippen LogP contribution in [0.25, 0.3) is 0 Å². The van der Waals surface area contributed by atoms with Gasteiger partial charge in [-0.25, -0.2) is 8.42 Å². The Morgan fingerprint density at radius 3 is 2.26 bits per heavy atom. The predicted octanol–water partition coefficient (Wildman–Crippen LogP) is 0.760. The number of amides is 2. The molecule has 1 aliphatic rings. The van der Waals surface area contributed by atoms with Gasteiger partial charge >= 0.3 is 0 Å². The second-order valence-electron chi connectivity index (χ2n) is 5.84. The lowest BCUT2D eigenvalue weighted by atomic mass is 10.1. The van der Waals surface area contributed by atoms with Crippen molar-refractivity contribution in [2.75, 3.05) is 25.9 Å². The van der Waals surface area contributed by atoms with Gasteiger partial charge in [0, 0.05) is 25.7 Å². The summed E-state index contributed by atoms with van der Waals surface area (Å²) in [5, 5.41) is 1.78. The molecule has 1 aromatic carbocycles. The van der Waals surface area contributed by atoms with Gasteiger partial charge in [-0.05, 0) is 31.9 Å². The van der Waals surface area contributed by atoms with Gasteiger partial charge in [-0.3, -0.25) is 9.59 Å². The first-order valence-electron chi connectivity index (χ1n) is 7.61. The lowest BCUT2D eigenvalue weighted by molar-refractivity contribution is -0.118. The number of likely N-dealkylation sites (tertiary alicyclic amines) is 1. The average molecular weight is 338 g/mol. The predicted molar refractivity (Wildman–Crippen MR) is 88.0 cm³/mol. The third-order valence-electron chi connectivity index (χ3n) is 4.15. The third-order valence-corrected chi connectivity index (χ3v) is 6.30. The molecule has 0 saturated carbocycles. The van der Waals surface area contributed by atoms with Crippen LogP contribution in [-0.2, 0) is 14.6 Å². The van der Waals surface area contributed by atoms with Crippen molar-refractivity contribution in [1.29, 1.82) is 0 Å². The van der Waals surface area contributed by atoms with E-state index < -0.39 is 26.7 Å². The zero-order valence-electron chi connectivity index (χ0n) is 13.4. The van der Waals surface area contributed by atoms with Crippen LogP contribution in [0.5, 0.6) is 0 Å². The molecule has 1 N–H and O–H groups in total. The zero-order chi connectivity index (χ0) is 17.0. The molecular weight excluding hydrogens is 316 g/mol. The Kier molecular flexibility index (Phi) is 5.41. The Balaban J connectivity index is 1.97. The number of nitrogens with zero attached hydrogens (tertiary/aromatic N) is 1. The molecule has 0 bridgehead atoms. The van der Waals surface area contributed by atoms with E-state index in [2.05, 4.69) is 5.32 Å². The summed E-state index contributed by atoms with van der Waals surface area (Å²) in [6, 6.07) is 7.33. The van der Waals surface area contributed by atoms with Gasteiger partial charge in [-0.1, -0.05) is 17.7 Å². The van der Waals surface area contributed by atoms with Gasteiger partial charge in [0.1, 0.15) is 5.75 Å². The molecule has 7 heteroatoms. The molecule has 0 atom stereocenters. The molecule has 0 spiro atoms. The molecule has 1 fully saturated rings. The van der Waals surface area contributed by atoms with Crippen molar-refractivity contribution in [3.8, 4) is 0 Å². The molecule has 2 amide bonds. The summed E-state index contributed by atoms with van der Waals surface area (Å²) < 4.78 is 24.3. The molecule has 6 nitrogen and oxygen atoms in total. The highest BCUT2D eigenvalue weighted by atomic mass is 32.2. The van der Waals surface area contributed by atoms with E-state index in [0.29, 0.717) is 31.5 Å². The molecule has 0 aromatic heterocycles. The number of piperidine rings is 1. The molecule has 1 saturated heterocycles. The normalized spacial score (nSPS) is 16.2. The zero-order valence-corrected chi connectivity index (χ0v) is 14.2. The van der Waals surface area contributed by atoms with Crippen molar-refractivity contribution in [3.63, 3.8) is 0 Å². The van der Waals surface area contributed by atoms with E-state index in [1.807, 2.05) is 19.1 Å². The smallest absolute Gasteiger partial charge is 0.253 e. The summed E-state index contributed by atoms with van der Waals surface area (Å²) in [5.41, 5.74) is 1.70. The molecule has 1 aliphatic heterocycles. The van der Waals surface area contributed by atoms with E-state index in [-0.39, 0.29) is 5.91 Å². The Hall–Kier alpha value is -1.89. The summed E-state index contributed by atoms with van der Waals surface area (Å²) in [5.74, 6) is -1.06. The van der Waals surface area contributed by atoms with Crippen molar-refractivity contribution in [2.24, 2.45) is 0 Å². The maximum Gasteiger partial charge on any atom is 0.253 e. The number of aryl methyl sites for hydroxylation is 1. The van der Waals surface area contributed by atoms with Crippen molar-refractivity contribution in [1.82, 2.24) is 10.2 Å². The van der Waals surface area contributed by atoms with E-state index in [1.165, 1.54) is 7.05 Å². The lowest BCUT2D eigenvalue weighted by Gasteiger charge is -2.31. The van der Waals surface area contributed by atoms with Gasteiger partial charge in [0.25, 0.3) is 5.91 Å². The van der Waals surface area contributed by atoms with E-state index >= 15 is 0 Å². The number of hydrogen-bond donors (Lipinski definition) is 1. The highest BCUT2D eigenvalue weighted by molar-refractivity contribution is 7.92. The molecule has 1 heterocycles. The fourth-order valence-electron chi connectivity index (χ4n) is 2.67. The number of nitrogens with one attached hydrogen (secondary N) is 1. The van der Waals surface area contributed by atoms with Crippen LogP contribution < -0.4 is 5.32 Å². The SMILES string of the molecule is CNC(=O)CS(=O)(=O)C1CCN(C(=O)c2ccc(C)cc2)CC1. The van der Waals surface area contributed by atoms with Crippen LogP contribution in [-0.4, -0.2) is 56.3 Å². The van der Waals surface area contributed by atoms with Crippen molar-refractivity contribution in [2.45, 2.75) is 25.0 Å². The monoisotopic (exact) mass is 338 g/mol. The summed E-state index contributed by atoms with van der Waals surface area (Å²) >= 11 is 0. The Bertz CT molecular complexity index is 675. The number of carbonyl (C=O) groups is 2. The average Bonchev–Trinajstić information content (AvgIpc) is 2.54. The minimum absolute atomic E-state index is 0.0767. The van der Waals surface area contributed by atoms with Crippen molar-refractivity contribution >= 4 is 21.7 Å². The topological polar surface area (TPSA) is 83.6 Å². The second-order valence-corrected chi connectivity index (χ2v) is 8.12. The minimum Gasteiger partial charge on any atom is -0.358 e. The maximum atomic E-state index is 12.4. The molecule has 0 aliphatic carbocycles. The molecule has 126 valence electrons. The van der Waals surface area contributed by atoms with Gasteiger partial charge in [0.05, 0.1) is 5.25 Å². The van der Waals surface area contributed by atoms with Crippen LogP contribution in [0.3, 0.4) is 0 Å². The number of benzene rings is 1. The van der Waals surface area contributed by atoms with Crippen LogP contribution in [0.2, 0.25) is 0 Å². The standard InChI is InChI=1S/C16H22N2O4S/c1-12-3-5-13(6-4-12)16(20)18-9-7-14(8-10-18)23(21,22)11-15(19)17-2/h3-6,14H,7-11H2,1-2H3,(H,17,19). The van der Waals surface area contributed by atoms with Gasteiger partial charge in [-0.15, -0.1) is 0 Å². The van der Waals surface area contributed by atoms with E-state index in [0.717, 1.165) is 5.56 Å². The van der Waals surface area contributed by atoms with Crippen molar-refractivity contribution < 1.29 is 18.0 Å². The van der Waals surface area contributed by atoms with Crippen molar-refractivity contribution in [3.05, 3.63) is 35.4 Å². The fraction of sp³-hybridized carbons (Fsp3) is 0.500. The summed E-state index contributed by atoms with van der Waals surface area (Å²) in [6.45, 7) is 2.74. The Labute approximate surface area is 136 Å². The first-order valence-corrected chi connectivity index (χ1v) is 9.33. The quantitative estimate of drug-likeness (QED) is 0.878. The molecule has 0 radical (unpaired) electrons. The summed E-state index contributed by atoms with van der Waals surface area (Å²) in [6.07, 6.45) is 0.744. The second kappa shape index (κ2) is 7.12. The molecule has 0 unspecified atom stereocenters. The van der Waals surface area contributed by atoms with Crippen LogP contribution in [0.15, 0.2) is 24.3 Å². The van der Waals surface area contributed by atoms with Crippen LogP contribution in [0.4, 0.5) is 0 Å². The van der Waals surface area contributed by atoms with E-state index in [1.54, 1.807) is 17.0 Å². The lowest BCUT2D eigenvalue weighted by Crippen LogP contribution is -2.44. The Morgan fingerprint density at radius 1 is 1.17 bits per heavy atom. The molecule has 2 rings (SSSR count). The minimum atomic E-state index is -3.46. The first-order chi connectivity index (χ1) is 10.8. The Morgan fingerprint density at radius 2 is 1.74 bits per heavy atom. The van der Waals surface area contributed by atoms with Crippen LogP contribution in [0, 0.1) is 6.92 Å². The van der Waals surface area contributed by atoms with Crippen LogP contribution in [0.1, 0.15) is 28.8 Å². The van der Waals surface area contributed by atoms with E-state index in [4.69, 9.17) is 0 Å². The molecular formula is C16H22N2O4S. The highest BCUT2D eigenvalue weighted by Crippen LogP contribution is 2.20. The number of hydrogen-bond acceptors (Lipinski definition) is 4. The van der Waals surface area contributed by atoms with Gasteiger partial charge in [0.15, 0.2) is 9.84 Å². The van der Waals surface area contributed by atoms with Crippen LogP contribution >= 0.6 is 0 Å². The molecule has 1 aromatic rings. The highest BCUT2D eigenvalue weighted by Gasteiger charge is 2.32. The number of sulfone groups is 1. The molecule has 23 heavy (non-hydrogen) atoms. The third kappa shape index (κ3) is 4.31. The summed E-state index contributed by atoms with van der Waals surface area (Å²) in [7, 11) is -2.05. The fourth-order valence-corrected chi connectivity index (χ4v) is 4.34. The first kappa shape index (κ1) is 17.5. The van der Waals surface area contributed by atoms with Gasteiger partial charge in [-0.2, -0.15) is 0 Å². The van der Waals surface area contributed by atoms with Gasteiger partial charge in [0.2, 0.25) is 5.91 Å². The number of rotatable bonds is 4.